The van der Waals surface area contributed by atoms with Gasteiger partial charge in [-0.3, -0.25) is 4.99 Å². The largest absolute Gasteiger partial charge is 0.356 e. The van der Waals surface area contributed by atoms with Crippen molar-refractivity contribution in [3.63, 3.8) is 0 Å². The van der Waals surface area contributed by atoms with E-state index in [1.54, 1.807) is 29.7 Å². The number of guanidine groups is 1. The number of aryl methyl sites for hydroxylation is 1. The van der Waals surface area contributed by atoms with E-state index in [9.17, 15) is 0 Å². The van der Waals surface area contributed by atoms with Gasteiger partial charge in [0, 0.05) is 42.0 Å². The highest BCUT2D eigenvalue weighted by atomic mass is 32.1. The molecule has 5 nitrogen and oxygen atoms in total. The first-order valence-electron chi connectivity index (χ1n) is 8.66. The minimum atomic E-state index is 0.661. The van der Waals surface area contributed by atoms with Gasteiger partial charge in [-0.05, 0) is 6.42 Å². The van der Waals surface area contributed by atoms with Crippen LogP contribution < -0.4 is 10.6 Å². The van der Waals surface area contributed by atoms with Crippen LogP contribution in [0.5, 0.6) is 0 Å². The topological polar surface area (TPSA) is 62.2 Å². The van der Waals surface area contributed by atoms with Crippen molar-refractivity contribution in [2.75, 3.05) is 13.6 Å². The van der Waals surface area contributed by atoms with Crippen LogP contribution in [0.4, 0.5) is 0 Å². The number of rotatable bonds is 7. The second kappa shape index (κ2) is 9.45. The molecule has 0 aliphatic carbocycles. The van der Waals surface area contributed by atoms with E-state index >= 15 is 0 Å². The van der Waals surface area contributed by atoms with Gasteiger partial charge < -0.3 is 10.6 Å². The molecule has 0 fully saturated rings. The van der Waals surface area contributed by atoms with E-state index in [-0.39, 0.29) is 0 Å². The Hall–Kier alpha value is -2.25. The monoisotopic (exact) mass is 385 g/mol. The van der Waals surface area contributed by atoms with Crippen molar-refractivity contribution in [1.82, 2.24) is 20.6 Å². The lowest BCUT2D eigenvalue weighted by molar-refractivity contribution is 0.789. The van der Waals surface area contributed by atoms with E-state index < -0.39 is 0 Å². The van der Waals surface area contributed by atoms with E-state index in [1.165, 1.54) is 4.88 Å². The smallest absolute Gasteiger partial charge is 0.191 e. The molecule has 0 spiro atoms. The Labute approximate surface area is 162 Å². The maximum Gasteiger partial charge on any atom is 0.191 e. The number of nitrogens with one attached hydrogen (secondary N) is 2. The fourth-order valence-corrected chi connectivity index (χ4v) is 4.03. The zero-order chi connectivity index (χ0) is 18.2. The lowest BCUT2D eigenvalue weighted by atomic mass is 10.2. The van der Waals surface area contributed by atoms with Gasteiger partial charge in [0.25, 0.3) is 0 Å². The lowest BCUT2D eigenvalue weighted by Gasteiger charge is -2.10. The third-order valence-electron chi connectivity index (χ3n) is 3.83. The van der Waals surface area contributed by atoms with Crippen molar-refractivity contribution in [2.45, 2.75) is 26.3 Å². The number of hydrogen-bond acceptors (Lipinski definition) is 5. The van der Waals surface area contributed by atoms with E-state index in [2.05, 4.69) is 45.0 Å². The summed E-state index contributed by atoms with van der Waals surface area (Å²) >= 11 is 3.44. The van der Waals surface area contributed by atoms with Gasteiger partial charge in [-0.25, -0.2) is 9.97 Å². The normalized spacial score (nSPS) is 11.5. The molecule has 26 heavy (non-hydrogen) atoms. The molecule has 2 aromatic heterocycles. The minimum absolute atomic E-state index is 0.661. The molecule has 2 N–H and O–H groups in total. The zero-order valence-electron chi connectivity index (χ0n) is 15.0. The minimum Gasteiger partial charge on any atom is -0.356 e. The van der Waals surface area contributed by atoms with E-state index in [0.29, 0.717) is 6.54 Å². The summed E-state index contributed by atoms with van der Waals surface area (Å²) in [6.45, 7) is 3.63. The molecule has 3 aromatic rings. The molecule has 1 aromatic carbocycles. The summed E-state index contributed by atoms with van der Waals surface area (Å²) in [5, 5.41) is 11.0. The summed E-state index contributed by atoms with van der Waals surface area (Å²) in [7, 11) is 1.78. The molecule has 0 saturated heterocycles. The molecule has 0 bridgehead atoms. The second-order valence-corrected chi connectivity index (χ2v) is 7.81. The highest BCUT2D eigenvalue weighted by molar-refractivity contribution is 7.11. The van der Waals surface area contributed by atoms with Crippen LogP contribution >= 0.6 is 22.7 Å². The molecule has 0 aliphatic heterocycles. The van der Waals surface area contributed by atoms with Gasteiger partial charge in [0.05, 0.1) is 17.2 Å². The van der Waals surface area contributed by atoms with Crippen LogP contribution in [-0.2, 0) is 19.4 Å². The third-order valence-corrected chi connectivity index (χ3v) is 5.88. The average Bonchev–Trinajstić information content (AvgIpc) is 3.34. The summed E-state index contributed by atoms with van der Waals surface area (Å²) < 4.78 is 0. The summed E-state index contributed by atoms with van der Waals surface area (Å²) in [4.78, 5) is 14.7. The van der Waals surface area contributed by atoms with Crippen LogP contribution in [0.1, 0.15) is 21.8 Å². The number of aliphatic imine (C=N–C) groups is 1. The van der Waals surface area contributed by atoms with Gasteiger partial charge in [0.15, 0.2) is 5.96 Å². The van der Waals surface area contributed by atoms with Crippen molar-refractivity contribution < 1.29 is 0 Å². The first-order valence-corrected chi connectivity index (χ1v) is 10.4. The maximum atomic E-state index is 4.69. The highest BCUT2D eigenvalue weighted by Crippen LogP contribution is 2.21. The van der Waals surface area contributed by atoms with Gasteiger partial charge in [-0.15, -0.1) is 22.7 Å². The molecular formula is C19H23N5S2. The quantitative estimate of drug-likeness (QED) is 0.480. The van der Waals surface area contributed by atoms with Crippen LogP contribution in [-0.4, -0.2) is 29.5 Å². The molecule has 3 rings (SSSR count). The van der Waals surface area contributed by atoms with Crippen LogP contribution in [0.2, 0.25) is 0 Å². The summed E-state index contributed by atoms with van der Waals surface area (Å²) in [5.41, 5.74) is 2.17. The highest BCUT2D eigenvalue weighted by Gasteiger charge is 2.06. The predicted molar refractivity (Wildman–Crippen MR) is 111 cm³/mol. The van der Waals surface area contributed by atoms with Crippen LogP contribution in [0.15, 0.2) is 46.9 Å². The molecule has 0 unspecified atom stereocenters. The Morgan fingerprint density at radius 3 is 2.73 bits per heavy atom. The Morgan fingerprint density at radius 1 is 1.15 bits per heavy atom. The van der Waals surface area contributed by atoms with Crippen molar-refractivity contribution >= 4 is 28.6 Å². The fourth-order valence-electron chi connectivity index (χ4n) is 2.43. The third kappa shape index (κ3) is 5.12. The molecule has 2 heterocycles. The number of thiazole rings is 2. The maximum absolute atomic E-state index is 4.69. The Morgan fingerprint density at radius 2 is 2.00 bits per heavy atom. The Balaban J connectivity index is 1.46. The second-order valence-electron chi connectivity index (χ2n) is 5.67. The predicted octanol–water partition coefficient (Wildman–Crippen LogP) is 3.74. The number of nitrogens with zero attached hydrogens (tertiary/aromatic N) is 3. The van der Waals surface area contributed by atoms with Crippen molar-refractivity contribution in [1.29, 1.82) is 0 Å². The van der Waals surface area contributed by atoms with Gasteiger partial charge in [0.2, 0.25) is 0 Å². The molecule has 0 atom stereocenters. The van der Waals surface area contributed by atoms with Gasteiger partial charge in [-0.2, -0.15) is 0 Å². The molecule has 0 aliphatic rings. The van der Waals surface area contributed by atoms with E-state index in [1.807, 2.05) is 24.4 Å². The van der Waals surface area contributed by atoms with Gasteiger partial charge in [0.1, 0.15) is 5.01 Å². The summed E-state index contributed by atoms with van der Waals surface area (Å²) in [6, 6.07) is 10.2. The zero-order valence-corrected chi connectivity index (χ0v) is 16.7. The van der Waals surface area contributed by atoms with Crippen LogP contribution in [0, 0.1) is 0 Å². The SMILES string of the molecule is CCc1cnc(CCNC(=NC)NCc2nc(-c3ccccc3)cs2)s1. The molecule has 0 amide bonds. The van der Waals surface area contributed by atoms with Crippen molar-refractivity contribution in [3.8, 4) is 11.3 Å². The van der Waals surface area contributed by atoms with Crippen molar-refractivity contribution in [2.24, 2.45) is 4.99 Å². The Kier molecular flexibility index (Phi) is 6.74. The molecular weight excluding hydrogens is 362 g/mol. The summed E-state index contributed by atoms with van der Waals surface area (Å²) in [6.07, 6.45) is 3.92. The number of hydrogen-bond donors (Lipinski definition) is 2. The lowest BCUT2D eigenvalue weighted by Crippen LogP contribution is -2.37. The molecule has 136 valence electrons. The van der Waals surface area contributed by atoms with E-state index in [4.69, 9.17) is 4.98 Å². The fraction of sp³-hybridized carbons (Fsp3) is 0.316. The first kappa shape index (κ1) is 18.5. The Bertz CT molecular complexity index is 839. The van der Waals surface area contributed by atoms with Gasteiger partial charge in [-0.1, -0.05) is 37.3 Å². The molecule has 0 saturated carbocycles. The van der Waals surface area contributed by atoms with Crippen LogP contribution in [0.3, 0.4) is 0 Å². The standard InChI is InChI=1S/C19H23N5S2/c1-3-15-11-22-17(26-15)9-10-21-19(20-2)23-12-18-24-16(13-25-18)14-7-5-4-6-8-14/h4-8,11,13H,3,9-10,12H2,1-2H3,(H2,20,21,23). The van der Waals surface area contributed by atoms with Crippen molar-refractivity contribution in [3.05, 3.63) is 56.8 Å². The van der Waals surface area contributed by atoms with Gasteiger partial charge >= 0.3 is 0 Å². The first-order chi connectivity index (χ1) is 12.8. The number of benzene rings is 1. The number of aromatic nitrogens is 2. The molecule has 0 radical (unpaired) electrons. The van der Waals surface area contributed by atoms with Crippen LogP contribution in [0.25, 0.3) is 11.3 Å². The average molecular weight is 386 g/mol. The summed E-state index contributed by atoms with van der Waals surface area (Å²) in [5.74, 6) is 0.786. The van der Waals surface area contributed by atoms with E-state index in [0.717, 1.165) is 46.6 Å². The molecule has 7 heteroatoms.